The molecule has 3 nitrogen and oxygen atoms in total. The predicted molar refractivity (Wildman–Crippen MR) is 88.7 cm³/mol. The molecule has 21 heavy (non-hydrogen) atoms. The van der Waals surface area contributed by atoms with Gasteiger partial charge in [0, 0.05) is 32.8 Å². The summed E-state index contributed by atoms with van der Waals surface area (Å²) in [4.78, 5) is 2.53. The van der Waals surface area contributed by atoms with Crippen LogP contribution in [-0.4, -0.2) is 44.3 Å². The lowest BCUT2D eigenvalue weighted by atomic mass is 10.0. The highest BCUT2D eigenvalue weighted by molar-refractivity contribution is 5.24. The topological polar surface area (TPSA) is 24.5 Å². The van der Waals surface area contributed by atoms with Crippen molar-refractivity contribution in [1.82, 2.24) is 10.2 Å². The third kappa shape index (κ3) is 5.10. The number of hydrogen-bond acceptors (Lipinski definition) is 3. The summed E-state index contributed by atoms with van der Waals surface area (Å²) in [5.41, 5.74) is 2.74. The van der Waals surface area contributed by atoms with Crippen LogP contribution in [0.4, 0.5) is 0 Å². The molecule has 0 amide bonds. The molecule has 3 heteroatoms. The van der Waals surface area contributed by atoms with Crippen molar-refractivity contribution in [2.75, 3.05) is 33.3 Å². The van der Waals surface area contributed by atoms with E-state index in [0.29, 0.717) is 12.1 Å². The minimum absolute atomic E-state index is 0.437. The van der Waals surface area contributed by atoms with Crippen LogP contribution in [0, 0.1) is 6.92 Å². The van der Waals surface area contributed by atoms with Gasteiger partial charge in [-0.1, -0.05) is 36.8 Å². The van der Waals surface area contributed by atoms with E-state index in [-0.39, 0.29) is 0 Å². The maximum atomic E-state index is 5.45. The second-order valence-electron chi connectivity index (χ2n) is 6.15. The SMILES string of the molecule is CCCNC(CCN1CCC(OC)C1)c1ccc(C)cc1. The fraction of sp³-hybridized carbons (Fsp3) is 0.667. The molecule has 1 saturated heterocycles. The molecule has 2 rings (SSSR count). The summed E-state index contributed by atoms with van der Waals surface area (Å²) >= 11 is 0. The molecule has 1 aromatic carbocycles. The molecule has 0 spiro atoms. The molecule has 118 valence electrons. The highest BCUT2D eigenvalue weighted by atomic mass is 16.5. The third-order valence-corrected chi connectivity index (χ3v) is 4.42. The van der Waals surface area contributed by atoms with Gasteiger partial charge < -0.3 is 15.0 Å². The number of hydrogen-bond donors (Lipinski definition) is 1. The van der Waals surface area contributed by atoms with Crippen LogP contribution < -0.4 is 5.32 Å². The first-order valence-corrected chi connectivity index (χ1v) is 8.28. The normalized spacial score (nSPS) is 20.8. The van der Waals surface area contributed by atoms with Crippen LogP contribution in [0.1, 0.15) is 43.4 Å². The van der Waals surface area contributed by atoms with Crippen LogP contribution >= 0.6 is 0 Å². The average molecular weight is 290 g/mol. The first kappa shape index (κ1) is 16.5. The van der Waals surface area contributed by atoms with E-state index in [1.54, 1.807) is 0 Å². The molecule has 0 aromatic heterocycles. The molecule has 1 fully saturated rings. The van der Waals surface area contributed by atoms with E-state index < -0.39 is 0 Å². The van der Waals surface area contributed by atoms with E-state index >= 15 is 0 Å². The number of nitrogens with zero attached hydrogens (tertiary/aromatic N) is 1. The van der Waals surface area contributed by atoms with Gasteiger partial charge in [-0.05, 0) is 38.3 Å². The van der Waals surface area contributed by atoms with E-state index in [0.717, 1.165) is 19.6 Å². The molecule has 1 aromatic rings. The second-order valence-corrected chi connectivity index (χ2v) is 6.15. The molecule has 1 N–H and O–H groups in total. The Hall–Kier alpha value is -0.900. The standard InChI is InChI=1S/C18H30N2O/c1-4-11-19-18(16-7-5-15(2)6-8-16)10-13-20-12-9-17(14-20)21-3/h5-8,17-19H,4,9-14H2,1-3H3. The lowest BCUT2D eigenvalue weighted by Gasteiger charge is -2.23. The Kier molecular flexibility index (Phi) is 6.68. The maximum absolute atomic E-state index is 5.45. The van der Waals surface area contributed by atoms with Gasteiger partial charge in [0.15, 0.2) is 0 Å². The van der Waals surface area contributed by atoms with E-state index in [2.05, 4.69) is 48.3 Å². The minimum Gasteiger partial charge on any atom is -0.380 e. The van der Waals surface area contributed by atoms with Crippen LogP contribution in [-0.2, 0) is 4.74 Å². The van der Waals surface area contributed by atoms with Gasteiger partial charge in [0.2, 0.25) is 0 Å². The first-order valence-electron chi connectivity index (χ1n) is 8.28. The van der Waals surface area contributed by atoms with Gasteiger partial charge in [0.1, 0.15) is 0 Å². The summed E-state index contributed by atoms with van der Waals surface area (Å²) in [5, 5.41) is 3.70. The summed E-state index contributed by atoms with van der Waals surface area (Å²) in [6, 6.07) is 9.43. The van der Waals surface area contributed by atoms with Crippen LogP contribution in [0.25, 0.3) is 0 Å². The van der Waals surface area contributed by atoms with Gasteiger partial charge in [-0.25, -0.2) is 0 Å². The first-order chi connectivity index (χ1) is 10.2. The Bertz CT molecular complexity index is 404. The number of aryl methyl sites for hydroxylation is 1. The fourth-order valence-electron chi connectivity index (χ4n) is 3.01. The largest absolute Gasteiger partial charge is 0.380 e. The number of rotatable bonds is 8. The fourth-order valence-corrected chi connectivity index (χ4v) is 3.01. The Balaban J connectivity index is 1.89. The van der Waals surface area contributed by atoms with Crippen LogP contribution in [0.3, 0.4) is 0 Å². The molecule has 2 atom stereocenters. The summed E-state index contributed by atoms with van der Waals surface area (Å²) < 4.78 is 5.45. The van der Waals surface area contributed by atoms with Crippen molar-refractivity contribution in [3.8, 4) is 0 Å². The molecule has 0 radical (unpaired) electrons. The summed E-state index contributed by atoms with van der Waals surface area (Å²) in [7, 11) is 1.83. The molecule has 2 unspecified atom stereocenters. The molecule has 1 aliphatic rings. The van der Waals surface area contributed by atoms with Crippen molar-refractivity contribution < 1.29 is 4.74 Å². The van der Waals surface area contributed by atoms with Gasteiger partial charge in [-0.3, -0.25) is 0 Å². The Morgan fingerprint density at radius 3 is 2.71 bits per heavy atom. The predicted octanol–water partition coefficient (Wildman–Crippen LogP) is 3.15. The number of ether oxygens (including phenoxy) is 1. The number of methoxy groups -OCH3 is 1. The summed E-state index contributed by atoms with van der Waals surface area (Å²) in [6.07, 6.45) is 3.96. The van der Waals surface area contributed by atoms with Crippen molar-refractivity contribution in [3.63, 3.8) is 0 Å². The second kappa shape index (κ2) is 8.52. The molecule has 0 aliphatic carbocycles. The monoisotopic (exact) mass is 290 g/mol. The van der Waals surface area contributed by atoms with E-state index in [1.807, 2.05) is 7.11 Å². The minimum atomic E-state index is 0.437. The summed E-state index contributed by atoms with van der Waals surface area (Å²) in [5.74, 6) is 0. The molecule has 0 saturated carbocycles. The van der Waals surface area contributed by atoms with Crippen LogP contribution in [0.15, 0.2) is 24.3 Å². The zero-order valence-electron chi connectivity index (χ0n) is 13.8. The number of benzene rings is 1. The van der Waals surface area contributed by atoms with Gasteiger partial charge in [-0.2, -0.15) is 0 Å². The van der Waals surface area contributed by atoms with E-state index in [1.165, 1.54) is 36.9 Å². The van der Waals surface area contributed by atoms with Crippen molar-refractivity contribution in [3.05, 3.63) is 35.4 Å². The summed E-state index contributed by atoms with van der Waals surface area (Å²) in [6.45, 7) is 8.86. The smallest absolute Gasteiger partial charge is 0.0710 e. The van der Waals surface area contributed by atoms with Gasteiger partial charge >= 0.3 is 0 Å². The highest BCUT2D eigenvalue weighted by Crippen LogP contribution is 2.20. The van der Waals surface area contributed by atoms with Crippen molar-refractivity contribution in [2.24, 2.45) is 0 Å². The maximum Gasteiger partial charge on any atom is 0.0710 e. The van der Waals surface area contributed by atoms with E-state index in [9.17, 15) is 0 Å². The zero-order chi connectivity index (χ0) is 15.1. The highest BCUT2D eigenvalue weighted by Gasteiger charge is 2.22. The van der Waals surface area contributed by atoms with Gasteiger partial charge in [-0.15, -0.1) is 0 Å². The van der Waals surface area contributed by atoms with Gasteiger partial charge in [0.25, 0.3) is 0 Å². The van der Waals surface area contributed by atoms with E-state index in [4.69, 9.17) is 4.74 Å². The molecule has 1 aliphatic heterocycles. The van der Waals surface area contributed by atoms with Crippen LogP contribution in [0.2, 0.25) is 0 Å². The lowest BCUT2D eigenvalue weighted by molar-refractivity contribution is 0.107. The average Bonchev–Trinajstić information content (AvgIpc) is 2.97. The Morgan fingerprint density at radius 1 is 1.33 bits per heavy atom. The van der Waals surface area contributed by atoms with Crippen molar-refractivity contribution in [1.29, 1.82) is 0 Å². The molecular formula is C18H30N2O. The third-order valence-electron chi connectivity index (χ3n) is 4.42. The van der Waals surface area contributed by atoms with Gasteiger partial charge in [0.05, 0.1) is 6.10 Å². The van der Waals surface area contributed by atoms with Crippen molar-refractivity contribution in [2.45, 2.75) is 45.3 Å². The lowest BCUT2D eigenvalue weighted by Crippen LogP contribution is -2.29. The number of nitrogens with one attached hydrogen (secondary N) is 1. The van der Waals surface area contributed by atoms with Crippen LogP contribution in [0.5, 0.6) is 0 Å². The zero-order valence-corrected chi connectivity index (χ0v) is 13.8. The molecule has 0 bridgehead atoms. The molecular weight excluding hydrogens is 260 g/mol. The number of likely N-dealkylation sites (tertiary alicyclic amines) is 1. The Morgan fingerprint density at radius 2 is 2.10 bits per heavy atom. The quantitative estimate of drug-likeness (QED) is 0.796. The van der Waals surface area contributed by atoms with Crippen molar-refractivity contribution >= 4 is 0 Å². The Labute approximate surface area is 129 Å². The molecule has 1 heterocycles.